The fraction of sp³-hybridized carbons (Fsp3) is 0.286. The highest BCUT2D eigenvalue weighted by Crippen LogP contribution is 2.36. The van der Waals surface area contributed by atoms with Gasteiger partial charge >= 0.3 is 5.97 Å². The van der Waals surface area contributed by atoms with Crippen LogP contribution in [0.5, 0.6) is 11.5 Å². The summed E-state index contributed by atoms with van der Waals surface area (Å²) in [6.45, 7) is 3.72. The number of aromatic nitrogens is 2. The Morgan fingerprint density at radius 1 is 1.31 bits per heavy atom. The smallest absolute Gasteiger partial charge is 0.349 e. The maximum atomic E-state index is 11.4. The molecular weight excluding hydrogens is 390 g/mol. The first-order valence-electron chi connectivity index (χ1n) is 9.45. The van der Waals surface area contributed by atoms with Crippen LogP contribution in [-0.2, 0) is 12.8 Å². The molecule has 1 aliphatic rings. The summed E-state index contributed by atoms with van der Waals surface area (Å²) in [5.41, 5.74) is 3.18. The van der Waals surface area contributed by atoms with Gasteiger partial charge in [-0.25, -0.2) is 14.8 Å². The third kappa shape index (κ3) is 4.32. The summed E-state index contributed by atoms with van der Waals surface area (Å²) >= 11 is 1.15. The molecule has 3 heterocycles. The highest BCUT2D eigenvalue weighted by molar-refractivity contribution is 7.17. The predicted molar refractivity (Wildman–Crippen MR) is 111 cm³/mol. The zero-order valence-corrected chi connectivity index (χ0v) is 16.8. The number of aromatic carboxylic acids is 1. The van der Waals surface area contributed by atoms with Crippen molar-refractivity contribution >= 4 is 23.1 Å². The highest BCUT2D eigenvalue weighted by Gasteiger charge is 2.18. The van der Waals surface area contributed by atoms with Gasteiger partial charge < -0.3 is 19.9 Å². The first kappa shape index (κ1) is 19.2. The van der Waals surface area contributed by atoms with E-state index in [4.69, 9.17) is 9.47 Å². The minimum Gasteiger partial charge on any atom is -0.493 e. The van der Waals surface area contributed by atoms with Crippen LogP contribution in [0.15, 0.2) is 36.7 Å². The van der Waals surface area contributed by atoms with Gasteiger partial charge in [0.05, 0.1) is 23.8 Å². The van der Waals surface area contributed by atoms with Crippen LogP contribution in [0.25, 0.3) is 10.6 Å². The molecule has 7 nitrogen and oxygen atoms in total. The molecule has 0 spiro atoms. The number of thiophene rings is 1. The quantitative estimate of drug-likeness (QED) is 0.581. The van der Waals surface area contributed by atoms with E-state index >= 15 is 0 Å². The molecule has 4 rings (SSSR count). The summed E-state index contributed by atoms with van der Waals surface area (Å²) < 4.78 is 11.0. The number of anilines is 1. The molecule has 0 fully saturated rings. The lowest BCUT2D eigenvalue weighted by molar-refractivity contribution is 0.0698. The minimum absolute atomic E-state index is 0.176. The van der Waals surface area contributed by atoms with Gasteiger partial charge in [-0.1, -0.05) is 12.1 Å². The van der Waals surface area contributed by atoms with Crippen LogP contribution in [0.3, 0.4) is 0 Å². The van der Waals surface area contributed by atoms with E-state index < -0.39 is 5.97 Å². The first-order chi connectivity index (χ1) is 14.1. The SMILES string of the molecule is CCOc1cc(-c2cc(NCCc3ccc4c(c3)CCO4)ncn2)sc1C(=O)O. The number of hydrogen-bond acceptors (Lipinski definition) is 7. The molecule has 1 aliphatic heterocycles. The van der Waals surface area contributed by atoms with E-state index in [2.05, 4.69) is 27.4 Å². The standard InChI is InChI=1S/C21H21N3O4S/c1-2-27-17-11-18(29-20(17)21(25)26)15-10-19(24-12-23-15)22-7-5-13-3-4-16-14(9-13)6-8-28-16/h3-4,9-12H,2,5-8H2,1H3,(H,25,26)(H,22,23,24). The fourth-order valence-electron chi connectivity index (χ4n) is 3.23. The zero-order valence-electron chi connectivity index (χ0n) is 16.0. The van der Waals surface area contributed by atoms with Crippen molar-refractivity contribution in [3.8, 4) is 22.1 Å². The van der Waals surface area contributed by atoms with Gasteiger partial charge in [0.1, 0.15) is 23.6 Å². The van der Waals surface area contributed by atoms with Gasteiger partial charge in [0.2, 0.25) is 0 Å². The normalized spacial score (nSPS) is 12.3. The van der Waals surface area contributed by atoms with Crippen LogP contribution in [0.4, 0.5) is 5.82 Å². The van der Waals surface area contributed by atoms with Crippen molar-refractivity contribution in [3.63, 3.8) is 0 Å². The number of hydrogen-bond donors (Lipinski definition) is 2. The van der Waals surface area contributed by atoms with Crippen LogP contribution in [0.2, 0.25) is 0 Å². The Bertz CT molecular complexity index is 1030. The molecule has 0 saturated carbocycles. The van der Waals surface area contributed by atoms with Gasteiger partial charge in [0, 0.05) is 25.1 Å². The first-order valence-corrected chi connectivity index (χ1v) is 10.3. The number of rotatable bonds is 8. The Balaban J connectivity index is 1.44. The molecule has 3 aromatic rings. The second-order valence-corrected chi connectivity index (χ2v) is 7.60. The van der Waals surface area contributed by atoms with Crippen molar-refractivity contribution < 1.29 is 19.4 Å². The van der Waals surface area contributed by atoms with Crippen LogP contribution in [0.1, 0.15) is 27.7 Å². The second kappa shape index (κ2) is 8.48. The second-order valence-electron chi connectivity index (χ2n) is 6.55. The van der Waals surface area contributed by atoms with Crippen molar-refractivity contribution in [2.75, 3.05) is 25.1 Å². The van der Waals surface area contributed by atoms with Gasteiger partial charge in [-0.2, -0.15) is 0 Å². The van der Waals surface area contributed by atoms with Gasteiger partial charge in [-0.3, -0.25) is 0 Å². The maximum Gasteiger partial charge on any atom is 0.349 e. The lowest BCUT2D eigenvalue weighted by Gasteiger charge is -2.07. The molecule has 2 aromatic heterocycles. The van der Waals surface area contributed by atoms with Crippen LogP contribution in [0, 0.1) is 0 Å². The van der Waals surface area contributed by atoms with E-state index in [0.29, 0.717) is 23.9 Å². The van der Waals surface area contributed by atoms with Gasteiger partial charge in [-0.05, 0) is 30.5 Å². The third-order valence-electron chi connectivity index (χ3n) is 4.59. The highest BCUT2D eigenvalue weighted by atomic mass is 32.1. The molecule has 150 valence electrons. The molecule has 0 unspecified atom stereocenters. The summed E-state index contributed by atoms with van der Waals surface area (Å²) in [5, 5.41) is 12.7. The van der Waals surface area contributed by atoms with E-state index in [1.807, 2.05) is 19.1 Å². The van der Waals surface area contributed by atoms with E-state index in [-0.39, 0.29) is 4.88 Å². The van der Waals surface area contributed by atoms with E-state index in [9.17, 15) is 9.90 Å². The average molecular weight is 411 g/mol. The Hall–Kier alpha value is -3.13. The summed E-state index contributed by atoms with van der Waals surface area (Å²) in [6, 6.07) is 9.86. The van der Waals surface area contributed by atoms with E-state index in [1.165, 1.54) is 17.5 Å². The summed E-state index contributed by atoms with van der Waals surface area (Å²) in [6.07, 6.45) is 3.31. The number of fused-ring (bicyclic) bond motifs is 1. The Morgan fingerprint density at radius 2 is 2.21 bits per heavy atom. The minimum atomic E-state index is -1.00. The van der Waals surface area contributed by atoms with Crippen molar-refractivity contribution in [2.24, 2.45) is 0 Å². The average Bonchev–Trinajstić information content (AvgIpc) is 3.35. The molecule has 1 aromatic carbocycles. The molecule has 0 atom stereocenters. The summed E-state index contributed by atoms with van der Waals surface area (Å²) in [7, 11) is 0. The number of carboxylic acids is 1. The molecule has 29 heavy (non-hydrogen) atoms. The van der Waals surface area contributed by atoms with Crippen molar-refractivity contribution in [1.29, 1.82) is 0 Å². The van der Waals surface area contributed by atoms with Gasteiger partial charge in [0.25, 0.3) is 0 Å². The Morgan fingerprint density at radius 3 is 3.03 bits per heavy atom. The lowest BCUT2D eigenvalue weighted by atomic mass is 10.1. The number of ether oxygens (including phenoxy) is 2. The molecular formula is C21H21N3O4S. The molecule has 0 saturated heterocycles. The largest absolute Gasteiger partial charge is 0.493 e. The fourth-order valence-corrected chi connectivity index (χ4v) is 4.14. The number of nitrogens with zero attached hydrogens (tertiary/aromatic N) is 2. The number of benzene rings is 1. The topological polar surface area (TPSA) is 93.6 Å². The van der Waals surface area contributed by atoms with Gasteiger partial charge in [-0.15, -0.1) is 11.3 Å². The van der Waals surface area contributed by atoms with Gasteiger partial charge in [0.15, 0.2) is 4.88 Å². The molecule has 0 aliphatic carbocycles. The van der Waals surface area contributed by atoms with Crippen LogP contribution < -0.4 is 14.8 Å². The number of carbonyl (C=O) groups is 1. The summed E-state index contributed by atoms with van der Waals surface area (Å²) in [5.74, 6) is 1.05. The number of carboxylic acid groups (broad SMARTS) is 1. The Labute approximate surface area is 172 Å². The Kier molecular flexibility index (Phi) is 5.62. The molecule has 2 N–H and O–H groups in total. The molecule has 0 bridgehead atoms. The van der Waals surface area contributed by atoms with Crippen LogP contribution in [-0.4, -0.2) is 40.8 Å². The van der Waals surface area contributed by atoms with Crippen molar-refractivity contribution in [1.82, 2.24) is 9.97 Å². The monoisotopic (exact) mass is 411 g/mol. The lowest BCUT2D eigenvalue weighted by Crippen LogP contribution is -2.06. The molecule has 0 amide bonds. The third-order valence-corrected chi connectivity index (χ3v) is 5.71. The van der Waals surface area contributed by atoms with Crippen LogP contribution >= 0.6 is 11.3 Å². The summed E-state index contributed by atoms with van der Waals surface area (Å²) in [4.78, 5) is 20.9. The maximum absolute atomic E-state index is 11.4. The van der Waals surface area contributed by atoms with Crippen molar-refractivity contribution in [2.45, 2.75) is 19.8 Å². The van der Waals surface area contributed by atoms with E-state index in [0.717, 1.165) is 48.0 Å². The zero-order chi connectivity index (χ0) is 20.2. The predicted octanol–water partition coefficient (Wildman–Crippen LogP) is 3.89. The number of nitrogens with one attached hydrogen (secondary N) is 1. The molecule has 8 heteroatoms. The van der Waals surface area contributed by atoms with E-state index in [1.54, 1.807) is 6.07 Å². The molecule has 0 radical (unpaired) electrons. The van der Waals surface area contributed by atoms with Crippen molar-refractivity contribution in [3.05, 3.63) is 52.7 Å².